The normalized spacial score (nSPS) is 15.4. The molecule has 1 amide bonds. The standard InChI is InChI=1S/C22H21ClFN2O5P/c23-19-8-4-16(12-20(19)24)22-17(13-25-31-22)5-9-21(27)26-18-6-2-15(3-7-18)14-32(28)29-10-1-11-30-32/h2-4,6-8,12-13H,1,5,9-11,14H2,(H,26,27). The Balaban J connectivity index is 1.32. The van der Waals surface area contributed by atoms with Crippen LogP contribution in [-0.2, 0) is 31.0 Å². The fraction of sp³-hybridized carbons (Fsp3) is 0.273. The van der Waals surface area contributed by atoms with E-state index in [1.54, 1.807) is 30.3 Å². The first-order valence-corrected chi connectivity index (χ1v) is 12.2. The molecule has 168 valence electrons. The second-order valence-electron chi connectivity index (χ2n) is 7.34. The molecule has 3 aromatic rings. The first-order valence-electron chi connectivity index (χ1n) is 10.1. The maximum absolute atomic E-state index is 13.8. The summed E-state index contributed by atoms with van der Waals surface area (Å²) in [6, 6.07) is 11.4. The van der Waals surface area contributed by atoms with E-state index in [0.717, 1.165) is 12.0 Å². The third-order valence-electron chi connectivity index (χ3n) is 4.93. The molecule has 0 aliphatic carbocycles. The van der Waals surface area contributed by atoms with E-state index in [2.05, 4.69) is 10.5 Å². The quantitative estimate of drug-likeness (QED) is 0.429. The number of nitrogens with one attached hydrogen (secondary N) is 1. The molecule has 1 fully saturated rings. The van der Waals surface area contributed by atoms with Crippen molar-refractivity contribution in [2.45, 2.75) is 25.4 Å². The van der Waals surface area contributed by atoms with Crippen LogP contribution in [0.15, 0.2) is 53.2 Å². The van der Waals surface area contributed by atoms with Gasteiger partial charge in [0.25, 0.3) is 0 Å². The molecule has 4 rings (SSSR count). The number of hydrogen-bond donors (Lipinski definition) is 1. The van der Waals surface area contributed by atoms with Crippen molar-refractivity contribution in [2.24, 2.45) is 0 Å². The molecule has 0 spiro atoms. The monoisotopic (exact) mass is 478 g/mol. The minimum atomic E-state index is -3.09. The lowest BCUT2D eigenvalue weighted by Gasteiger charge is -2.22. The second kappa shape index (κ2) is 9.96. The van der Waals surface area contributed by atoms with Crippen molar-refractivity contribution in [1.82, 2.24) is 5.16 Å². The van der Waals surface area contributed by atoms with E-state index in [9.17, 15) is 13.8 Å². The second-order valence-corrected chi connectivity index (χ2v) is 9.80. The Kier molecular flexibility index (Phi) is 7.06. The molecule has 10 heteroatoms. The van der Waals surface area contributed by atoms with E-state index in [1.165, 1.54) is 18.3 Å². The van der Waals surface area contributed by atoms with Crippen molar-refractivity contribution >= 4 is 30.8 Å². The Morgan fingerprint density at radius 1 is 1.16 bits per heavy atom. The molecule has 0 unspecified atom stereocenters. The Bertz CT molecular complexity index is 1140. The van der Waals surface area contributed by atoms with Gasteiger partial charge in [-0.25, -0.2) is 4.39 Å². The predicted octanol–water partition coefficient (Wildman–Crippen LogP) is 5.84. The van der Waals surface area contributed by atoms with Gasteiger partial charge in [0.2, 0.25) is 5.91 Å². The molecule has 0 bridgehead atoms. The Labute approximate surface area is 189 Å². The molecule has 7 nitrogen and oxygen atoms in total. The van der Waals surface area contributed by atoms with Gasteiger partial charge in [-0.3, -0.25) is 9.36 Å². The largest absolute Gasteiger partial charge is 0.356 e. The summed E-state index contributed by atoms with van der Waals surface area (Å²) in [5.41, 5.74) is 2.61. The van der Waals surface area contributed by atoms with E-state index in [-0.39, 0.29) is 23.5 Å². The maximum atomic E-state index is 13.8. The number of hydrogen-bond acceptors (Lipinski definition) is 6. The van der Waals surface area contributed by atoms with Gasteiger partial charge in [0.15, 0.2) is 5.76 Å². The minimum absolute atomic E-state index is 0.0197. The number of aryl methyl sites for hydroxylation is 1. The molecule has 1 N–H and O–H groups in total. The van der Waals surface area contributed by atoms with Crippen molar-refractivity contribution in [3.8, 4) is 11.3 Å². The van der Waals surface area contributed by atoms with Crippen molar-refractivity contribution < 1.29 is 27.3 Å². The molecule has 32 heavy (non-hydrogen) atoms. The third kappa shape index (κ3) is 5.64. The Hall–Kier alpha value is -2.51. The van der Waals surface area contributed by atoms with E-state index in [0.29, 0.717) is 42.2 Å². The maximum Gasteiger partial charge on any atom is 0.335 e. The Morgan fingerprint density at radius 3 is 2.62 bits per heavy atom. The first-order chi connectivity index (χ1) is 15.4. The van der Waals surface area contributed by atoms with Crippen LogP contribution in [-0.4, -0.2) is 24.3 Å². The van der Waals surface area contributed by atoms with E-state index >= 15 is 0 Å². The summed E-state index contributed by atoms with van der Waals surface area (Å²) in [6.45, 7) is 0.874. The van der Waals surface area contributed by atoms with Crippen molar-refractivity contribution in [3.63, 3.8) is 0 Å². The van der Waals surface area contributed by atoms with Crippen LogP contribution in [0.2, 0.25) is 5.02 Å². The van der Waals surface area contributed by atoms with Gasteiger partial charge in [0, 0.05) is 23.2 Å². The molecule has 0 saturated carbocycles. The van der Waals surface area contributed by atoms with Crippen LogP contribution in [0.4, 0.5) is 10.1 Å². The number of amides is 1. The van der Waals surface area contributed by atoms with Gasteiger partial charge >= 0.3 is 7.60 Å². The molecule has 1 aromatic heterocycles. The smallest absolute Gasteiger partial charge is 0.335 e. The summed E-state index contributed by atoms with van der Waals surface area (Å²) >= 11 is 5.73. The molecular weight excluding hydrogens is 458 g/mol. The van der Waals surface area contributed by atoms with Gasteiger partial charge in [-0.15, -0.1) is 0 Å². The molecule has 1 aliphatic rings. The molecule has 2 heterocycles. The Morgan fingerprint density at radius 2 is 1.91 bits per heavy atom. The average Bonchev–Trinajstić information content (AvgIpc) is 3.25. The third-order valence-corrected chi connectivity index (χ3v) is 7.14. The van der Waals surface area contributed by atoms with Crippen LogP contribution in [0, 0.1) is 5.82 Å². The van der Waals surface area contributed by atoms with E-state index in [4.69, 9.17) is 25.2 Å². The van der Waals surface area contributed by atoms with Crippen LogP contribution in [0.25, 0.3) is 11.3 Å². The van der Waals surface area contributed by atoms with Crippen LogP contribution >= 0.6 is 19.2 Å². The van der Waals surface area contributed by atoms with E-state index in [1.807, 2.05) is 0 Å². The highest BCUT2D eigenvalue weighted by atomic mass is 35.5. The SMILES string of the molecule is O=C(CCc1cnoc1-c1ccc(Cl)c(F)c1)Nc1ccc(CP2(=O)OCCCO2)cc1. The number of aromatic nitrogens is 1. The van der Waals surface area contributed by atoms with Crippen LogP contribution in [0.3, 0.4) is 0 Å². The van der Waals surface area contributed by atoms with Gasteiger partial charge in [0.05, 0.1) is 30.6 Å². The number of nitrogens with zero attached hydrogens (tertiary/aromatic N) is 1. The fourth-order valence-electron chi connectivity index (χ4n) is 3.30. The van der Waals surface area contributed by atoms with Gasteiger partial charge in [0.1, 0.15) is 5.82 Å². The zero-order valence-corrected chi connectivity index (χ0v) is 18.7. The van der Waals surface area contributed by atoms with Gasteiger partial charge in [-0.1, -0.05) is 28.9 Å². The molecule has 0 atom stereocenters. The van der Waals surface area contributed by atoms with E-state index < -0.39 is 13.4 Å². The lowest BCUT2D eigenvalue weighted by Crippen LogP contribution is -2.12. The van der Waals surface area contributed by atoms with Gasteiger partial charge < -0.3 is 18.9 Å². The highest BCUT2D eigenvalue weighted by Crippen LogP contribution is 2.53. The van der Waals surface area contributed by atoms with Crippen molar-refractivity contribution in [2.75, 3.05) is 18.5 Å². The van der Waals surface area contributed by atoms with Crippen molar-refractivity contribution in [1.29, 1.82) is 0 Å². The zero-order chi connectivity index (χ0) is 22.6. The first kappa shape index (κ1) is 22.7. The highest BCUT2D eigenvalue weighted by Gasteiger charge is 2.28. The van der Waals surface area contributed by atoms with Crippen LogP contribution in [0.1, 0.15) is 24.0 Å². The minimum Gasteiger partial charge on any atom is -0.356 e. The topological polar surface area (TPSA) is 90.7 Å². The summed E-state index contributed by atoms with van der Waals surface area (Å²) in [6.07, 6.45) is 3.00. The van der Waals surface area contributed by atoms with Crippen LogP contribution < -0.4 is 5.32 Å². The molecule has 1 aliphatic heterocycles. The molecule has 1 saturated heterocycles. The number of rotatable bonds is 7. The lowest BCUT2D eigenvalue weighted by molar-refractivity contribution is -0.116. The fourth-order valence-corrected chi connectivity index (χ4v) is 5.14. The number of anilines is 1. The number of benzene rings is 2. The number of carbonyl (C=O) groups is 1. The van der Waals surface area contributed by atoms with Crippen molar-refractivity contribution in [3.05, 3.63) is 70.6 Å². The molecule has 0 radical (unpaired) electrons. The average molecular weight is 479 g/mol. The summed E-state index contributed by atoms with van der Waals surface area (Å²) in [5, 5.41) is 6.61. The van der Waals surface area contributed by atoms with Crippen LogP contribution in [0.5, 0.6) is 0 Å². The summed E-state index contributed by atoms with van der Waals surface area (Å²) in [5.74, 6) is -0.349. The zero-order valence-electron chi connectivity index (χ0n) is 17.1. The molecule has 2 aromatic carbocycles. The summed E-state index contributed by atoms with van der Waals surface area (Å²) in [7, 11) is -3.09. The number of halogens is 2. The predicted molar refractivity (Wildman–Crippen MR) is 118 cm³/mol. The highest BCUT2D eigenvalue weighted by molar-refractivity contribution is 7.53. The summed E-state index contributed by atoms with van der Waals surface area (Å²) < 4.78 is 42.1. The lowest BCUT2D eigenvalue weighted by atomic mass is 10.1. The van der Waals surface area contributed by atoms with Gasteiger partial charge in [-0.05, 0) is 48.7 Å². The number of carbonyl (C=O) groups excluding carboxylic acids is 1. The summed E-state index contributed by atoms with van der Waals surface area (Å²) in [4.78, 5) is 12.4. The van der Waals surface area contributed by atoms with Gasteiger partial charge in [-0.2, -0.15) is 0 Å². The molecular formula is C22H21ClFN2O5P.